The summed E-state index contributed by atoms with van der Waals surface area (Å²) >= 11 is -6.12. The van der Waals surface area contributed by atoms with Crippen LogP contribution in [-0.4, -0.2) is 110 Å². The summed E-state index contributed by atoms with van der Waals surface area (Å²) in [4.78, 5) is 0. The van der Waals surface area contributed by atoms with Gasteiger partial charge >= 0.3 is 246 Å². The summed E-state index contributed by atoms with van der Waals surface area (Å²) in [7, 11) is 13.3. The first kappa shape index (κ1) is 43.8. The molecule has 0 saturated heterocycles. The topological polar surface area (TPSA) is 37.4 Å². The Morgan fingerprint density at radius 3 is 0.868 bits per heavy atom. The molecule has 0 aliphatic heterocycles. The summed E-state index contributed by atoms with van der Waals surface area (Å²) in [5, 5.41) is 0. The Hall–Kier alpha value is 1.36. The van der Waals surface area contributed by atoms with Crippen LogP contribution in [0.25, 0.3) is 0 Å². The van der Waals surface area contributed by atoms with Crippen molar-refractivity contribution < 1.29 is 9.22 Å². The predicted molar refractivity (Wildman–Crippen MR) is 175 cm³/mol. The molecule has 6 nitrogen and oxygen atoms in total. The Balaban J connectivity index is -0.000000703. The second-order valence-corrected chi connectivity index (χ2v) is 38.5. The van der Waals surface area contributed by atoms with Crippen LogP contribution in [0.4, 0.5) is 0 Å². The van der Waals surface area contributed by atoms with E-state index >= 15 is 0 Å². The Bertz CT molecular complexity index is 495. The van der Waals surface area contributed by atoms with Crippen molar-refractivity contribution in [2.24, 2.45) is 0 Å². The fourth-order valence-electron chi connectivity index (χ4n) is 5.66. The van der Waals surface area contributed by atoms with Gasteiger partial charge in [-0.1, -0.05) is 7.43 Å². The van der Waals surface area contributed by atoms with Crippen molar-refractivity contribution in [3.05, 3.63) is 0 Å². The molecule has 0 bridgehead atoms. The van der Waals surface area contributed by atoms with Gasteiger partial charge in [0, 0.05) is 0 Å². The Morgan fingerprint density at radius 1 is 0.474 bits per heavy atom. The van der Waals surface area contributed by atoms with E-state index in [1.165, 1.54) is 38.5 Å². The number of unbranched alkanes of at least 4 members (excludes halogenated alkanes) is 6. The van der Waals surface area contributed by atoms with E-state index in [-0.39, 0.29) is 10.9 Å². The third kappa shape index (κ3) is 14.5. The van der Waals surface area contributed by atoms with E-state index in [1.807, 2.05) is 0 Å². The second kappa shape index (κ2) is 22.0. The SMILES string of the molecule is C.CCCCC[O][Sn]([O]CCCCC)([O]CCCCC)[C](C)(C)C.C[N](C)[Sn]([N](C)C)([N](C)C)[C](C)(C)C. The fourth-order valence-corrected chi connectivity index (χ4v) is 32.0. The number of rotatable bonds is 18. The van der Waals surface area contributed by atoms with Gasteiger partial charge in [0.25, 0.3) is 0 Å². The van der Waals surface area contributed by atoms with Crippen LogP contribution >= 0.6 is 0 Å². The van der Waals surface area contributed by atoms with Crippen LogP contribution in [0.5, 0.6) is 0 Å². The van der Waals surface area contributed by atoms with Crippen molar-refractivity contribution in [1.29, 1.82) is 0 Å². The van der Waals surface area contributed by atoms with E-state index in [1.54, 1.807) is 0 Å². The Labute approximate surface area is 252 Å². The molecule has 0 amide bonds. The summed E-state index contributed by atoms with van der Waals surface area (Å²) in [6.45, 7) is 22.9. The van der Waals surface area contributed by atoms with Crippen LogP contribution in [0.2, 0.25) is 6.86 Å². The van der Waals surface area contributed by atoms with Gasteiger partial charge in [0.05, 0.1) is 0 Å². The third-order valence-corrected chi connectivity index (χ3v) is 33.6. The van der Waals surface area contributed by atoms with E-state index in [0.29, 0.717) is 3.43 Å². The van der Waals surface area contributed by atoms with Crippen molar-refractivity contribution in [2.45, 2.75) is 134 Å². The average Bonchev–Trinajstić information content (AvgIpc) is 2.74. The first-order valence-electron chi connectivity index (χ1n) is 15.0. The zero-order valence-corrected chi connectivity index (χ0v) is 33.8. The molecule has 0 saturated carbocycles. The molecule has 0 aliphatic rings. The molecule has 0 N–H and O–H groups in total. The van der Waals surface area contributed by atoms with Crippen LogP contribution in [0.1, 0.15) is 128 Å². The van der Waals surface area contributed by atoms with Crippen LogP contribution in [-0.2, 0) is 9.22 Å². The van der Waals surface area contributed by atoms with E-state index < -0.39 is 38.8 Å². The summed E-state index contributed by atoms with van der Waals surface area (Å²) in [6.07, 6.45) is 10.7. The molecule has 0 fully saturated rings. The molecule has 0 rings (SSSR count). The van der Waals surface area contributed by atoms with Gasteiger partial charge in [-0.3, -0.25) is 0 Å². The first-order chi connectivity index (χ1) is 17.0. The molecule has 38 heavy (non-hydrogen) atoms. The molecule has 0 aromatic heterocycles. The molecule has 0 spiro atoms. The van der Waals surface area contributed by atoms with Crippen LogP contribution in [0.3, 0.4) is 0 Å². The van der Waals surface area contributed by atoms with Gasteiger partial charge in [0.15, 0.2) is 0 Å². The summed E-state index contributed by atoms with van der Waals surface area (Å²) in [5.41, 5.74) is 0. The first-order valence-corrected chi connectivity index (χ1v) is 25.1. The molecule has 0 aromatic rings. The molecule has 0 unspecified atom stereocenters. The summed E-state index contributed by atoms with van der Waals surface area (Å²) in [6, 6.07) is 0. The molecular formula is C30H73N3O3Sn2. The minimum absolute atomic E-state index is 0. The van der Waals surface area contributed by atoms with E-state index in [4.69, 9.17) is 9.22 Å². The van der Waals surface area contributed by atoms with Crippen molar-refractivity contribution in [1.82, 2.24) is 9.36 Å². The van der Waals surface area contributed by atoms with E-state index in [0.717, 1.165) is 39.1 Å². The van der Waals surface area contributed by atoms with Gasteiger partial charge < -0.3 is 0 Å². The van der Waals surface area contributed by atoms with Crippen molar-refractivity contribution in [2.75, 3.05) is 62.1 Å². The molecule has 0 aromatic carbocycles. The number of nitrogens with zero attached hydrogens (tertiary/aromatic N) is 3. The maximum atomic E-state index is 6.42. The quantitative estimate of drug-likeness (QED) is 0.103. The zero-order chi connectivity index (χ0) is 29.3. The van der Waals surface area contributed by atoms with Crippen molar-refractivity contribution in [3.8, 4) is 0 Å². The second-order valence-electron chi connectivity index (χ2n) is 13.0. The molecule has 0 radical (unpaired) electrons. The zero-order valence-electron chi connectivity index (χ0n) is 28.1. The standard InChI is InChI=1S/3C5H11O.2C4H9.3C2H6N.CH4.2Sn/c3*1-2-3-4-5-6;2*1-4(2)3;3*1-3-2;;;/h3*2-5H2,1H3;2*1-3H3;3*1-2H3;1H4;;/q3*-1;;;3*-1;;2*+3. The fraction of sp³-hybridized carbons (Fsp3) is 1.00. The maximum absolute atomic E-state index is 6.42. The van der Waals surface area contributed by atoms with Crippen LogP contribution in [0.15, 0.2) is 0 Å². The van der Waals surface area contributed by atoms with Crippen LogP contribution in [0, 0.1) is 0 Å². The molecule has 0 aliphatic carbocycles. The van der Waals surface area contributed by atoms with E-state index in [2.05, 4.69) is 114 Å². The van der Waals surface area contributed by atoms with Gasteiger partial charge in [0.1, 0.15) is 0 Å². The predicted octanol–water partition coefficient (Wildman–Crippen LogP) is 8.39. The third-order valence-electron chi connectivity index (χ3n) is 6.92. The van der Waals surface area contributed by atoms with Gasteiger partial charge in [-0.2, -0.15) is 0 Å². The van der Waals surface area contributed by atoms with Gasteiger partial charge in [-0.05, 0) is 0 Å². The summed E-state index contributed by atoms with van der Waals surface area (Å²) < 4.78 is 27.1. The van der Waals surface area contributed by atoms with Gasteiger partial charge in [0.2, 0.25) is 0 Å². The van der Waals surface area contributed by atoms with Gasteiger partial charge in [-0.25, -0.2) is 0 Å². The monoisotopic (exact) mass is 763 g/mol. The molecule has 0 heterocycles. The van der Waals surface area contributed by atoms with E-state index in [9.17, 15) is 0 Å². The molecular weight excluding hydrogens is 688 g/mol. The number of hydrogen-bond acceptors (Lipinski definition) is 6. The Kier molecular flexibility index (Phi) is 25.3. The van der Waals surface area contributed by atoms with Gasteiger partial charge in [-0.15, -0.1) is 0 Å². The average molecular weight is 761 g/mol. The molecule has 8 heteroatoms. The molecule has 0 atom stereocenters. The summed E-state index contributed by atoms with van der Waals surface area (Å²) in [5.74, 6) is 0. The van der Waals surface area contributed by atoms with Crippen molar-refractivity contribution >= 4 is 38.8 Å². The minimum atomic E-state index is -3.53. The normalized spacial score (nSPS) is 13.1. The Morgan fingerprint density at radius 2 is 0.737 bits per heavy atom. The number of hydrogen-bond donors (Lipinski definition) is 0. The van der Waals surface area contributed by atoms with Crippen LogP contribution < -0.4 is 0 Å². The van der Waals surface area contributed by atoms with Crippen molar-refractivity contribution in [3.63, 3.8) is 0 Å². The molecule has 234 valence electrons.